The summed E-state index contributed by atoms with van der Waals surface area (Å²) in [6, 6.07) is 8.58. The Labute approximate surface area is 172 Å². The molecular weight excluding hydrogens is 372 g/mol. The van der Waals surface area contributed by atoms with Crippen molar-refractivity contribution in [1.29, 1.82) is 0 Å². The smallest absolute Gasteiger partial charge is 0.199 e. The monoisotopic (exact) mass is 402 g/mol. The lowest BCUT2D eigenvalue weighted by Gasteiger charge is -2.30. The average Bonchev–Trinajstić information content (AvgIpc) is 3.05. The molecule has 1 unspecified atom stereocenters. The zero-order chi connectivity index (χ0) is 19.5. The van der Waals surface area contributed by atoms with Crippen LogP contribution < -0.4 is 4.74 Å². The first-order valence-electron chi connectivity index (χ1n) is 10.3. The van der Waals surface area contributed by atoms with Crippen LogP contribution in [0.15, 0.2) is 24.3 Å². The molecule has 1 aliphatic carbocycles. The van der Waals surface area contributed by atoms with Crippen molar-refractivity contribution >= 4 is 12.2 Å². The number of hydrogen-bond donors (Lipinski definition) is 0. The minimum atomic E-state index is 0.254. The lowest BCUT2D eigenvalue weighted by molar-refractivity contribution is -0.0307. The summed E-state index contributed by atoms with van der Waals surface area (Å²) in [5, 5.41) is 4.98. The molecule has 4 rings (SSSR count). The zero-order valence-corrected chi connectivity index (χ0v) is 17.7. The van der Waals surface area contributed by atoms with Gasteiger partial charge in [-0.2, -0.15) is 5.10 Å². The van der Waals surface area contributed by atoms with Crippen LogP contribution in [0, 0.1) is 4.77 Å². The van der Waals surface area contributed by atoms with E-state index in [1.54, 1.807) is 7.11 Å². The van der Waals surface area contributed by atoms with Gasteiger partial charge in [0.1, 0.15) is 5.75 Å². The van der Waals surface area contributed by atoms with Crippen LogP contribution in [0.1, 0.15) is 45.1 Å². The minimum absolute atomic E-state index is 0.254. The van der Waals surface area contributed by atoms with Gasteiger partial charge in [-0.05, 0) is 56.2 Å². The summed E-state index contributed by atoms with van der Waals surface area (Å²) in [6.07, 6.45) is 6.46. The van der Waals surface area contributed by atoms with E-state index in [2.05, 4.69) is 28.5 Å². The van der Waals surface area contributed by atoms with Crippen LogP contribution in [-0.2, 0) is 11.4 Å². The van der Waals surface area contributed by atoms with Crippen molar-refractivity contribution in [2.45, 2.75) is 57.8 Å². The van der Waals surface area contributed by atoms with E-state index >= 15 is 0 Å². The van der Waals surface area contributed by atoms with E-state index < -0.39 is 0 Å². The molecule has 0 N–H and O–H groups in total. The summed E-state index contributed by atoms with van der Waals surface area (Å²) in [4.78, 5) is 2.37. The molecule has 1 aromatic carbocycles. The molecule has 28 heavy (non-hydrogen) atoms. The van der Waals surface area contributed by atoms with Gasteiger partial charge in [0.25, 0.3) is 0 Å². The predicted octanol–water partition coefficient (Wildman–Crippen LogP) is 4.27. The predicted molar refractivity (Wildman–Crippen MR) is 112 cm³/mol. The van der Waals surface area contributed by atoms with Crippen LogP contribution in [0.4, 0.5) is 0 Å². The van der Waals surface area contributed by atoms with E-state index in [9.17, 15) is 0 Å². The van der Waals surface area contributed by atoms with Gasteiger partial charge in [0.2, 0.25) is 0 Å². The maximum atomic E-state index is 5.92. The molecule has 0 radical (unpaired) electrons. The number of rotatable bonds is 5. The molecule has 2 fully saturated rings. The van der Waals surface area contributed by atoms with E-state index in [4.69, 9.17) is 26.8 Å². The van der Waals surface area contributed by atoms with E-state index in [-0.39, 0.29) is 6.10 Å². The number of methoxy groups -OCH3 is 1. The second kappa shape index (κ2) is 8.76. The molecule has 6 nitrogen and oxygen atoms in total. The first-order valence-corrected chi connectivity index (χ1v) is 10.7. The molecular formula is C21H30N4O2S. The van der Waals surface area contributed by atoms with E-state index in [0.29, 0.717) is 6.04 Å². The van der Waals surface area contributed by atoms with Crippen molar-refractivity contribution in [3.8, 4) is 17.1 Å². The van der Waals surface area contributed by atoms with Gasteiger partial charge < -0.3 is 9.47 Å². The molecule has 0 amide bonds. The Hall–Kier alpha value is -1.70. The van der Waals surface area contributed by atoms with E-state index in [1.807, 2.05) is 16.8 Å². The fourth-order valence-corrected chi connectivity index (χ4v) is 4.66. The minimum Gasteiger partial charge on any atom is -0.497 e. The largest absolute Gasteiger partial charge is 0.497 e. The van der Waals surface area contributed by atoms with Gasteiger partial charge in [-0.1, -0.05) is 19.3 Å². The summed E-state index contributed by atoms with van der Waals surface area (Å²) >= 11 is 5.92. The van der Waals surface area contributed by atoms with Crippen molar-refractivity contribution in [2.24, 2.45) is 0 Å². The fraction of sp³-hybridized carbons (Fsp3) is 0.619. The van der Waals surface area contributed by atoms with Gasteiger partial charge in [0, 0.05) is 24.7 Å². The third-order valence-electron chi connectivity index (χ3n) is 5.82. The lowest BCUT2D eigenvalue weighted by atomic mass is 9.95. The van der Waals surface area contributed by atoms with E-state index in [1.165, 1.54) is 32.1 Å². The lowest BCUT2D eigenvalue weighted by Crippen LogP contribution is -2.42. The van der Waals surface area contributed by atoms with Crippen LogP contribution >= 0.6 is 12.2 Å². The fourth-order valence-electron chi connectivity index (χ4n) is 4.33. The Bertz CT molecular complexity index is 839. The Morgan fingerprint density at radius 3 is 2.61 bits per heavy atom. The molecule has 2 aromatic rings. The summed E-state index contributed by atoms with van der Waals surface area (Å²) in [5.41, 5.74) is 1.09. The molecule has 2 heterocycles. The second-order valence-corrected chi connectivity index (χ2v) is 8.26. The van der Waals surface area contributed by atoms with Crippen molar-refractivity contribution in [3.05, 3.63) is 29.0 Å². The zero-order valence-electron chi connectivity index (χ0n) is 16.8. The summed E-state index contributed by atoms with van der Waals surface area (Å²) in [5.74, 6) is 1.83. The summed E-state index contributed by atoms with van der Waals surface area (Å²) in [7, 11) is 1.69. The highest BCUT2D eigenvalue weighted by molar-refractivity contribution is 7.71. The first kappa shape index (κ1) is 19.6. The normalized spacial score (nSPS) is 21.7. The first-order chi connectivity index (χ1) is 13.7. The number of aromatic nitrogens is 3. The van der Waals surface area contributed by atoms with Gasteiger partial charge in [0.05, 0.1) is 26.5 Å². The number of hydrogen-bond acceptors (Lipinski definition) is 5. The second-order valence-electron chi connectivity index (χ2n) is 7.90. The molecule has 1 saturated carbocycles. The van der Waals surface area contributed by atoms with E-state index in [0.717, 1.165) is 48.3 Å². The quantitative estimate of drug-likeness (QED) is 0.699. The highest BCUT2D eigenvalue weighted by Crippen LogP contribution is 2.33. The molecule has 1 aromatic heterocycles. The number of ether oxygens (including phenoxy) is 2. The van der Waals surface area contributed by atoms with Gasteiger partial charge in [-0.25, -0.2) is 4.68 Å². The third-order valence-corrected chi connectivity index (χ3v) is 6.23. The van der Waals surface area contributed by atoms with Crippen LogP contribution in [0.3, 0.4) is 0 Å². The highest BCUT2D eigenvalue weighted by Gasteiger charge is 2.24. The maximum Gasteiger partial charge on any atom is 0.199 e. The topological polar surface area (TPSA) is 44.4 Å². The molecule has 7 heteroatoms. The summed E-state index contributed by atoms with van der Waals surface area (Å²) in [6.45, 7) is 5.43. The van der Waals surface area contributed by atoms with Crippen LogP contribution in [-0.4, -0.2) is 52.2 Å². The van der Waals surface area contributed by atoms with Crippen molar-refractivity contribution in [2.75, 3.05) is 26.8 Å². The van der Waals surface area contributed by atoms with Gasteiger partial charge in [-0.15, -0.1) is 0 Å². The number of benzene rings is 1. The molecule has 1 atom stereocenters. The van der Waals surface area contributed by atoms with Crippen molar-refractivity contribution < 1.29 is 9.47 Å². The van der Waals surface area contributed by atoms with Gasteiger partial charge >= 0.3 is 0 Å². The highest BCUT2D eigenvalue weighted by atomic mass is 32.1. The molecule has 2 aliphatic rings. The molecule has 1 saturated heterocycles. The molecule has 152 valence electrons. The Kier molecular flexibility index (Phi) is 6.13. The average molecular weight is 403 g/mol. The standard InChI is InChI=1S/C21H30N4O2S/c1-16-14-23(12-13-27-16)15-24-21(28)25(18-6-4-3-5-7-18)20(22-24)17-8-10-19(26-2)11-9-17/h8-11,16,18H,3-7,12-15H2,1-2H3. The SMILES string of the molecule is COc1ccc(-c2nn(CN3CCOC(C)C3)c(=S)n2C2CCCCC2)cc1. The van der Waals surface area contributed by atoms with Crippen molar-refractivity contribution in [1.82, 2.24) is 19.2 Å². The van der Waals surface area contributed by atoms with Crippen molar-refractivity contribution in [3.63, 3.8) is 0 Å². The van der Waals surface area contributed by atoms with Gasteiger partial charge in [-0.3, -0.25) is 9.47 Å². The van der Waals surface area contributed by atoms with Gasteiger partial charge in [0.15, 0.2) is 10.6 Å². The number of nitrogens with zero attached hydrogens (tertiary/aromatic N) is 4. The molecule has 1 aliphatic heterocycles. The third kappa shape index (κ3) is 4.16. The molecule has 0 spiro atoms. The Balaban J connectivity index is 1.69. The number of morpholine rings is 1. The summed E-state index contributed by atoms with van der Waals surface area (Å²) < 4.78 is 16.1. The van der Waals surface area contributed by atoms with Crippen LogP contribution in [0.2, 0.25) is 0 Å². The van der Waals surface area contributed by atoms with Crippen LogP contribution in [0.25, 0.3) is 11.4 Å². The maximum absolute atomic E-state index is 5.92. The Morgan fingerprint density at radius 2 is 1.93 bits per heavy atom. The van der Waals surface area contributed by atoms with Crippen LogP contribution in [0.5, 0.6) is 5.75 Å². The Morgan fingerprint density at radius 1 is 1.18 bits per heavy atom. The molecule has 0 bridgehead atoms.